The van der Waals surface area contributed by atoms with Crippen LogP contribution in [-0.4, -0.2) is 38.0 Å². The van der Waals surface area contributed by atoms with E-state index in [2.05, 4.69) is 36.8 Å². The Kier molecular flexibility index (Phi) is 4.28. The summed E-state index contributed by atoms with van der Waals surface area (Å²) in [5.74, 6) is 1.09. The molecule has 131 valence electrons. The van der Waals surface area contributed by atoms with Crippen LogP contribution in [-0.2, 0) is 16.1 Å². The van der Waals surface area contributed by atoms with Crippen LogP contribution >= 0.6 is 0 Å². The van der Waals surface area contributed by atoms with Crippen molar-refractivity contribution in [2.24, 2.45) is 0 Å². The molecule has 0 spiro atoms. The smallest absolute Gasteiger partial charge is 0.345 e. The molecule has 1 aliphatic heterocycles. The van der Waals surface area contributed by atoms with Crippen LogP contribution in [0.1, 0.15) is 23.9 Å². The Bertz CT molecular complexity index is 859. The Hall–Kier alpha value is -2.59. The van der Waals surface area contributed by atoms with E-state index in [4.69, 9.17) is 4.74 Å². The molecule has 4 rings (SSSR count). The average molecular weight is 349 g/mol. The fraction of sp³-hybridized carbons (Fsp3) is 0.333. The number of fused-ring (bicyclic) bond motifs is 1. The van der Waals surface area contributed by atoms with Crippen LogP contribution < -0.4 is 5.32 Å². The third kappa shape index (κ3) is 3.44. The molecule has 0 bridgehead atoms. The minimum atomic E-state index is -2.84. The van der Waals surface area contributed by atoms with Gasteiger partial charge in [-0.3, -0.25) is 5.10 Å². The lowest BCUT2D eigenvalue weighted by molar-refractivity contribution is -0.137. The summed E-state index contributed by atoms with van der Waals surface area (Å²) in [6.45, 7) is -2.48. The summed E-state index contributed by atoms with van der Waals surface area (Å²) in [6.07, 6.45) is 6.08. The zero-order valence-corrected chi connectivity index (χ0v) is 13.0. The summed E-state index contributed by atoms with van der Waals surface area (Å²) in [4.78, 5) is 4.27. The van der Waals surface area contributed by atoms with Crippen molar-refractivity contribution < 1.29 is 18.3 Å². The van der Waals surface area contributed by atoms with Crippen molar-refractivity contribution in [1.29, 1.82) is 0 Å². The minimum Gasteiger partial charge on any atom is -0.372 e. The normalized spacial score (nSPS) is 17.6. The summed E-state index contributed by atoms with van der Waals surface area (Å²) >= 11 is 0. The number of aromatic nitrogens is 5. The Labute approximate surface area is 141 Å². The number of rotatable bonds is 6. The monoisotopic (exact) mass is 349 g/mol. The van der Waals surface area contributed by atoms with E-state index < -0.39 is 6.61 Å². The molecule has 1 radical (unpaired) electrons. The zero-order chi connectivity index (χ0) is 17.2. The van der Waals surface area contributed by atoms with E-state index in [9.17, 15) is 8.78 Å². The predicted octanol–water partition coefficient (Wildman–Crippen LogP) is 2.60. The van der Waals surface area contributed by atoms with Gasteiger partial charge in [-0.2, -0.15) is 19.0 Å². The molecule has 0 aromatic carbocycles. The van der Waals surface area contributed by atoms with Gasteiger partial charge in [0.15, 0.2) is 11.6 Å². The molecular weight excluding hydrogens is 334 g/mol. The van der Waals surface area contributed by atoms with Gasteiger partial charge in [0.2, 0.25) is 0 Å². The lowest BCUT2D eigenvalue weighted by Crippen LogP contribution is -2.00. The Morgan fingerprint density at radius 2 is 2.36 bits per heavy atom. The molecule has 8 nitrogen and oxygen atoms in total. The van der Waals surface area contributed by atoms with E-state index in [0.717, 1.165) is 12.1 Å². The molecule has 3 aromatic heterocycles. The van der Waals surface area contributed by atoms with Gasteiger partial charge >= 0.3 is 6.61 Å². The van der Waals surface area contributed by atoms with Gasteiger partial charge in [0.1, 0.15) is 5.52 Å². The molecule has 10 heteroatoms. The van der Waals surface area contributed by atoms with Gasteiger partial charge in [-0.05, 0) is 18.9 Å². The van der Waals surface area contributed by atoms with Gasteiger partial charge in [0.05, 0.1) is 30.7 Å². The Morgan fingerprint density at radius 3 is 3.16 bits per heavy atom. The van der Waals surface area contributed by atoms with E-state index in [1.807, 2.05) is 6.07 Å². The highest BCUT2D eigenvalue weighted by atomic mass is 19.3. The molecule has 0 amide bonds. The van der Waals surface area contributed by atoms with Crippen LogP contribution in [0.2, 0.25) is 0 Å². The van der Waals surface area contributed by atoms with Crippen LogP contribution in [0.15, 0.2) is 24.5 Å². The summed E-state index contributed by atoms with van der Waals surface area (Å²) in [5, 5.41) is 14.4. The Balaban J connectivity index is 1.54. The summed E-state index contributed by atoms with van der Waals surface area (Å²) < 4.78 is 35.7. The molecule has 1 saturated heterocycles. The van der Waals surface area contributed by atoms with Crippen LogP contribution in [0.4, 0.5) is 20.4 Å². The van der Waals surface area contributed by atoms with Crippen molar-refractivity contribution in [1.82, 2.24) is 24.8 Å². The maximum absolute atomic E-state index is 12.2. The number of nitrogens with zero attached hydrogens (tertiary/aromatic N) is 4. The van der Waals surface area contributed by atoms with Crippen LogP contribution in [0.5, 0.6) is 0 Å². The van der Waals surface area contributed by atoms with Gasteiger partial charge in [0, 0.05) is 18.5 Å². The highest BCUT2D eigenvalue weighted by molar-refractivity contribution is 5.72. The van der Waals surface area contributed by atoms with E-state index in [1.54, 1.807) is 23.0 Å². The SMILES string of the molecule is FC(F)OCc1cc2c(Nc3cc([C@H]4C[CH]CO4)[nH]n3)nccn2n1. The zero-order valence-electron chi connectivity index (χ0n) is 13.0. The van der Waals surface area contributed by atoms with Crippen molar-refractivity contribution in [2.45, 2.75) is 25.7 Å². The number of hydrogen-bond donors (Lipinski definition) is 2. The van der Waals surface area contributed by atoms with Crippen LogP contribution in [0.3, 0.4) is 0 Å². The summed E-state index contributed by atoms with van der Waals surface area (Å²) in [7, 11) is 0. The second kappa shape index (κ2) is 6.73. The standard InChI is InChI=1S/C15H15F2N6O2/c16-15(17)25-8-9-6-11-14(18-3-4-23(11)22-9)19-13-7-10(20-21-13)12-2-1-5-24-12/h1,3-4,6-7,12,15H,2,5,8H2,(H2,18,19,20,21)/t12-/m1/s1. The largest absolute Gasteiger partial charge is 0.372 e. The maximum atomic E-state index is 12.2. The fourth-order valence-corrected chi connectivity index (χ4v) is 2.66. The first-order valence-electron chi connectivity index (χ1n) is 7.67. The van der Waals surface area contributed by atoms with E-state index >= 15 is 0 Å². The number of alkyl halides is 2. The quantitative estimate of drug-likeness (QED) is 0.711. The number of anilines is 2. The molecule has 0 unspecified atom stereocenters. The molecule has 1 aliphatic rings. The maximum Gasteiger partial charge on any atom is 0.345 e. The number of ether oxygens (including phenoxy) is 2. The van der Waals surface area contributed by atoms with Gasteiger partial charge in [-0.15, -0.1) is 0 Å². The molecule has 0 saturated carbocycles. The van der Waals surface area contributed by atoms with Gasteiger partial charge < -0.3 is 14.8 Å². The lowest BCUT2D eigenvalue weighted by Gasteiger charge is -2.04. The molecule has 25 heavy (non-hydrogen) atoms. The minimum absolute atomic E-state index is 0.0140. The predicted molar refractivity (Wildman–Crippen MR) is 83.3 cm³/mol. The number of nitrogens with one attached hydrogen (secondary N) is 2. The van der Waals surface area contributed by atoms with E-state index in [-0.39, 0.29) is 12.7 Å². The van der Waals surface area contributed by atoms with Gasteiger partial charge in [-0.1, -0.05) is 0 Å². The highest BCUT2D eigenvalue weighted by Crippen LogP contribution is 2.28. The van der Waals surface area contributed by atoms with Crippen molar-refractivity contribution in [3.8, 4) is 0 Å². The van der Waals surface area contributed by atoms with Crippen molar-refractivity contribution in [3.63, 3.8) is 0 Å². The van der Waals surface area contributed by atoms with E-state index in [1.165, 1.54) is 0 Å². The molecule has 4 heterocycles. The second-order valence-corrected chi connectivity index (χ2v) is 5.49. The molecule has 0 aliphatic carbocycles. The van der Waals surface area contributed by atoms with Crippen molar-refractivity contribution >= 4 is 17.2 Å². The highest BCUT2D eigenvalue weighted by Gasteiger charge is 2.20. The number of halogens is 2. The topological polar surface area (TPSA) is 89.4 Å². The summed E-state index contributed by atoms with van der Waals surface area (Å²) in [5.41, 5.74) is 1.89. The molecular formula is C15H15F2N6O2. The first-order chi connectivity index (χ1) is 12.2. The number of aromatic amines is 1. The average Bonchev–Trinajstić information content (AvgIpc) is 3.33. The van der Waals surface area contributed by atoms with E-state index in [0.29, 0.717) is 29.5 Å². The molecule has 1 fully saturated rings. The van der Waals surface area contributed by atoms with Crippen LogP contribution in [0.25, 0.3) is 5.52 Å². The summed E-state index contributed by atoms with van der Waals surface area (Å²) in [6, 6.07) is 3.49. The third-order valence-corrected chi connectivity index (χ3v) is 3.78. The molecule has 2 N–H and O–H groups in total. The number of H-pyrrole nitrogens is 1. The second-order valence-electron chi connectivity index (χ2n) is 5.49. The van der Waals surface area contributed by atoms with Gasteiger partial charge in [0.25, 0.3) is 0 Å². The lowest BCUT2D eigenvalue weighted by atomic mass is 10.2. The Morgan fingerprint density at radius 1 is 1.44 bits per heavy atom. The fourth-order valence-electron chi connectivity index (χ4n) is 2.66. The first-order valence-corrected chi connectivity index (χ1v) is 7.67. The first kappa shape index (κ1) is 15.9. The van der Waals surface area contributed by atoms with Crippen LogP contribution in [0, 0.1) is 6.42 Å². The number of hydrogen-bond acceptors (Lipinski definition) is 6. The van der Waals surface area contributed by atoms with Crippen molar-refractivity contribution in [3.05, 3.63) is 42.3 Å². The third-order valence-electron chi connectivity index (χ3n) is 3.78. The molecule has 3 aromatic rings. The van der Waals surface area contributed by atoms with Gasteiger partial charge in [-0.25, -0.2) is 9.50 Å². The van der Waals surface area contributed by atoms with Crippen molar-refractivity contribution in [2.75, 3.05) is 11.9 Å². The molecule has 1 atom stereocenters.